The highest BCUT2D eigenvalue weighted by molar-refractivity contribution is 7.19. The van der Waals surface area contributed by atoms with Gasteiger partial charge in [0.2, 0.25) is 5.91 Å². The minimum Gasteiger partial charge on any atom is -0.497 e. The van der Waals surface area contributed by atoms with Crippen LogP contribution in [0.1, 0.15) is 38.5 Å². The molecule has 0 saturated heterocycles. The van der Waals surface area contributed by atoms with Crippen LogP contribution in [0.15, 0.2) is 48.5 Å². The number of non-ortho nitro benzene ring substituents is 1. The molecule has 1 N–H and O–H groups in total. The fourth-order valence-corrected chi connectivity index (χ4v) is 7.85. The van der Waals surface area contributed by atoms with Gasteiger partial charge in [-0.15, -0.1) is 0 Å². The lowest BCUT2D eigenvalue weighted by Gasteiger charge is -2.55. The predicted molar refractivity (Wildman–Crippen MR) is 135 cm³/mol. The van der Waals surface area contributed by atoms with Crippen molar-refractivity contribution >= 4 is 28.1 Å². The summed E-state index contributed by atoms with van der Waals surface area (Å²) in [4.78, 5) is 30.1. The Hall–Kier alpha value is -3.26. The highest BCUT2D eigenvalue weighted by Crippen LogP contribution is 2.60. The number of hydrogen-bond acceptors (Lipinski definition) is 6. The third-order valence-corrected chi connectivity index (χ3v) is 9.09. The number of methoxy groups -OCH3 is 1. The molecule has 1 heterocycles. The van der Waals surface area contributed by atoms with E-state index >= 15 is 0 Å². The molecule has 8 heteroatoms. The maximum absolute atomic E-state index is 13.6. The normalized spacial score (nSPS) is 26.5. The number of carbonyl (C=O) groups excluding carboxylic acids is 1. The third-order valence-electron chi connectivity index (χ3n) is 8.07. The van der Waals surface area contributed by atoms with Crippen LogP contribution in [0.4, 0.5) is 10.8 Å². The van der Waals surface area contributed by atoms with Crippen molar-refractivity contribution in [2.75, 3.05) is 12.4 Å². The van der Waals surface area contributed by atoms with Gasteiger partial charge < -0.3 is 10.1 Å². The number of amides is 1. The summed E-state index contributed by atoms with van der Waals surface area (Å²) in [5.41, 5.74) is 2.20. The molecule has 0 aliphatic heterocycles. The van der Waals surface area contributed by atoms with E-state index in [1.165, 1.54) is 42.7 Å². The number of nitrogens with one attached hydrogen (secondary N) is 1. The Bertz CT molecular complexity index is 1250. The summed E-state index contributed by atoms with van der Waals surface area (Å²) in [5.74, 6) is 2.93. The van der Waals surface area contributed by atoms with Crippen LogP contribution in [0.25, 0.3) is 21.7 Å². The van der Waals surface area contributed by atoms with Crippen LogP contribution in [0.2, 0.25) is 0 Å². The van der Waals surface area contributed by atoms with E-state index in [-0.39, 0.29) is 17.0 Å². The van der Waals surface area contributed by atoms with Gasteiger partial charge in [0.25, 0.3) is 5.69 Å². The molecule has 7 rings (SSSR count). The van der Waals surface area contributed by atoms with Crippen LogP contribution in [0.3, 0.4) is 0 Å². The van der Waals surface area contributed by atoms with Crippen molar-refractivity contribution in [1.29, 1.82) is 0 Å². The molecule has 0 radical (unpaired) electrons. The second-order valence-corrected chi connectivity index (χ2v) is 11.4. The van der Waals surface area contributed by atoms with Crippen LogP contribution >= 0.6 is 11.3 Å². The minimum absolute atomic E-state index is 0.0327. The highest BCUT2D eigenvalue weighted by atomic mass is 32.1. The lowest BCUT2D eigenvalue weighted by Crippen LogP contribution is -2.51. The van der Waals surface area contributed by atoms with Gasteiger partial charge in [-0.3, -0.25) is 14.9 Å². The van der Waals surface area contributed by atoms with Crippen LogP contribution in [0, 0.1) is 33.3 Å². The second kappa shape index (κ2) is 8.45. The van der Waals surface area contributed by atoms with Crippen molar-refractivity contribution in [2.45, 2.75) is 38.5 Å². The fourth-order valence-electron chi connectivity index (χ4n) is 6.87. The number of anilines is 1. The van der Waals surface area contributed by atoms with Crippen LogP contribution in [0.5, 0.6) is 5.75 Å². The van der Waals surface area contributed by atoms with E-state index in [2.05, 4.69) is 5.32 Å². The molecular formula is C27H27N3O4S. The average Bonchev–Trinajstić information content (AvgIpc) is 3.27. The molecule has 4 bridgehead atoms. The van der Waals surface area contributed by atoms with E-state index in [0.29, 0.717) is 28.6 Å². The molecule has 2 aromatic carbocycles. The van der Waals surface area contributed by atoms with Gasteiger partial charge in [-0.2, -0.15) is 0 Å². The maximum Gasteiger partial charge on any atom is 0.269 e. The van der Waals surface area contributed by atoms with Gasteiger partial charge in [0.05, 0.1) is 28.0 Å². The highest BCUT2D eigenvalue weighted by Gasteiger charge is 2.54. The van der Waals surface area contributed by atoms with Gasteiger partial charge in [0, 0.05) is 17.7 Å². The largest absolute Gasteiger partial charge is 0.497 e. The predicted octanol–water partition coefficient (Wildman–Crippen LogP) is 6.55. The number of aromatic nitrogens is 1. The zero-order valence-electron chi connectivity index (χ0n) is 19.5. The molecule has 0 atom stereocenters. The molecule has 180 valence electrons. The summed E-state index contributed by atoms with van der Waals surface area (Å²) < 4.78 is 5.30. The molecule has 4 aliphatic carbocycles. The van der Waals surface area contributed by atoms with Crippen molar-refractivity contribution in [2.24, 2.45) is 23.2 Å². The molecule has 1 amide bonds. The first-order valence-electron chi connectivity index (χ1n) is 12.1. The van der Waals surface area contributed by atoms with E-state index in [1.807, 2.05) is 24.3 Å². The zero-order valence-corrected chi connectivity index (χ0v) is 20.3. The van der Waals surface area contributed by atoms with Gasteiger partial charge >= 0.3 is 0 Å². The molecule has 3 aromatic rings. The van der Waals surface area contributed by atoms with E-state index in [4.69, 9.17) is 9.72 Å². The quantitative estimate of drug-likeness (QED) is 0.313. The molecule has 0 unspecified atom stereocenters. The molecule has 4 fully saturated rings. The average molecular weight is 490 g/mol. The van der Waals surface area contributed by atoms with E-state index < -0.39 is 4.92 Å². The number of thiazole rings is 1. The fraction of sp³-hybridized carbons (Fsp3) is 0.407. The summed E-state index contributed by atoms with van der Waals surface area (Å²) in [5, 5.41) is 14.9. The molecule has 1 aromatic heterocycles. The standard InChI is InChI=1S/C27H27N3O4S/c1-34-22-8-4-20(5-9-22)24-23(19-2-6-21(7-3-19)30(32)33)28-26(35-24)29-25(31)27-13-16-10-17(14-27)12-18(11-16)15-27/h2-9,16-18H,10-15H2,1H3,(H,28,29,31). The van der Waals surface area contributed by atoms with Crippen molar-refractivity contribution in [3.63, 3.8) is 0 Å². The first-order valence-corrected chi connectivity index (χ1v) is 13.0. The summed E-state index contributed by atoms with van der Waals surface area (Å²) in [7, 11) is 1.63. The Morgan fingerprint density at radius 3 is 2.11 bits per heavy atom. The Balaban J connectivity index is 1.34. The molecule has 35 heavy (non-hydrogen) atoms. The number of ether oxygens (including phenoxy) is 1. The summed E-state index contributed by atoms with van der Waals surface area (Å²) in [6.07, 6.45) is 6.85. The topological polar surface area (TPSA) is 94.4 Å². The van der Waals surface area contributed by atoms with Crippen molar-refractivity contribution in [3.05, 3.63) is 58.6 Å². The van der Waals surface area contributed by atoms with Gasteiger partial charge in [0.15, 0.2) is 5.13 Å². The van der Waals surface area contributed by atoms with Gasteiger partial charge in [-0.05, 0) is 98.2 Å². The molecule has 7 nitrogen and oxygen atoms in total. The molecular weight excluding hydrogens is 462 g/mol. The number of rotatable bonds is 6. The first-order chi connectivity index (χ1) is 16.9. The summed E-state index contributed by atoms with van der Waals surface area (Å²) in [6.45, 7) is 0. The third kappa shape index (κ3) is 3.99. The lowest BCUT2D eigenvalue weighted by molar-refractivity contribution is -0.384. The van der Waals surface area contributed by atoms with Crippen LogP contribution in [-0.4, -0.2) is 22.9 Å². The number of carbonyl (C=O) groups is 1. The Morgan fingerprint density at radius 1 is 1.00 bits per heavy atom. The Labute approximate surface area is 207 Å². The van der Waals surface area contributed by atoms with Crippen molar-refractivity contribution < 1.29 is 14.5 Å². The Kier molecular flexibility index (Phi) is 5.36. The second-order valence-electron chi connectivity index (χ2n) is 10.4. The number of benzene rings is 2. The Morgan fingerprint density at radius 2 is 1.57 bits per heavy atom. The SMILES string of the molecule is COc1ccc(-c2sc(NC(=O)C34CC5CC(CC(C5)C3)C4)nc2-c2ccc([N+](=O)[O-])cc2)cc1. The molecule has 0 spiro atoms. The monoisotopic (exact) mass is 489 g/mol. The molecule has 4 saturated carbocycles. The number of hydrogen-bond donors (Lipinski definition) is 1. The van der Waals surface area contributed by atoms with Gasteiger partial charge in [-0.1, -0.05) is 11.3 Å². The van der Waals surface area contributed by atoms with Gasteiger partial charge in [-0.25, -0.2) is 4.98 Å². The number of nitro benzene ring substituents is 1. The molecule has 4 aliphatic rings. The number of nitrogens with zero attached hydrogens (tertiary/aromatic N) is 2. The van der Waals surface area contributed by atoms with E-state index in [1.54, 1.807) is 19.2 Å². The van der Waals surface area contributed by atoms with Crippen molar-refractivity contribution in [1.82, 2.24) is 4.98 Å². The summed E-state index contributed by atoms with van der Waals surface area (Å²) in [6, 6.07) is 14.1. The summed E-state index contributed by atoms with van der Waals surface area (Å²) >= 11 is 1.45. The van der Waals surface area contributed by atoms with E-state index in [0.717, 1.165) is 41.0 Å². The lowest BCUT2D eigenvalue weighted by atomic mass is 9.49. The van der Waals surface area contributed by atoms with E-state index in [9.17, 15) is 14.9 Å². The smallest absolute Gasteiger partial charge is 0.269 e. The van der Waals surface area contributed by atoms with Gasteiger partial charge in [0.1, 0.15) is 5.75 Å². The zero-order chi connectivity index (χ0) is 24.2. The van der Waals surface area contributed by atoms with Crippen LogP contribution < -0.4 is 10.1 Å². The maximum atomic E-state index is 13.6. The van der Waals surface area contributed by atoms with Crippen LogP contribution in [-0.2, 0) is 4.79 Å². The van der Waals surface area contributed by atoms with Crippen molar-refractivity contribution in [3.8, 4) is 27.4 Å². The minimum atomic E-state index is -0.410. The first kappa shape index (κ1) is 22.2. The number of nitro groups is 1.